The van der Waals surface area contributed by atoms with Gasteiger partial charge in [0.05, 0.1) is 5.02 Å². The van der Waals surface area contributed by atoms with Crippen LogP contribution in [0.3, 0.4) is 0 Å². The first-order valence-electron chi connectivity index (χ1n) is 8.71. The predicted octanol–water partition coefficient (Wildman–Crippen LogP) is 4.29. The summed E-state index contributed by atoms with van der Waals surface area (Å²) in [5, 5.41) is 6.05. The molecule has 0 aliphatic rings. The van der Waals surface area contributed by atoms with Crippen LogP contribution in [-0.4, -0.2) is 18.4 Å². The molecule has 142 valence electrons. The zero-order valence-corrected chi connectivity index (χ0v) is 15.8. The number of benzene rings is 3. The second kappa shape index (κ2) is 9.58. The van der Waals surface area contributed by atoms with E-state index in [0.29, 0.717) is 16.3 Å². The van der Waals surface area contributed by atoms with Crippen molar-refractivity contribution in [1.29, 1.82) is 0 Å². The second-order valence-corrected chi connectivity index (χ2v) is 6.42. The zero-order chi connectivity index (χ0) is 19.8. The molecule has 3 rings (SSSR count). The van der Waals surface area contributed by atoms with Crippen molar-refractivity contribution in [1.82, 2.24) is 5.32 Å². The molecular weight excluding hydrogens is 376 g/mol. The van der Waals surface area contributed by atoms with Crippen molar-refractivity contribution in [3.8, 4) is 5.75 Å². The Kier molecular flexibility index (Phi) is 6.65. The van der Waals surface area contributed by atoms with E-state index in [2.05, 4.69) is 10.6 Å². The molecule has 3 aromatic carbocycles. The molecule has 0 spiro atoms. The fourth-order valence-corrected chi connectivity index (χ4v) is 2.69. The van der Waals surface area contributed by atoms with Crippen molar-refractivity contribution in [3.63, 3.8) is 0 Å². The number of anilines is 1. The number of para-hydroxylation sites is 2. The fraction of sp³-hybridized carbons (Fsp3) is 0.0909. The van der Waals surface area contributed by atoms with Crippen LogP contribution >= 0.6 is 11.6 Å². The number of carbonyl (C=O) groups is 2. The summed E-state index contributed by atoms with van der Waals surface area (Å²) in [6, 6.07) is 23.3. The van der Waals surface area contributed by atoms with E-state index in [-0.39, 0.29) is 25.0 Å². The van der Waals surface area contributed by atoms with E-state index in [0.717, 1.165) is 11.3 Å². The quantitative estimate of drug-likeness (QED) is 0.628. The van der Waals surface area contributed by atoms with Crippen molar-refractivity contribution in [2.24, 2.45) is 0 Å². The van der Waals surface area contributed by atoms with Gasteiger partial charge in [-0.1, -0.05) is 54.1 Å². The van der Waals surface area contributed by atoms with Gasteiger partial charge in [0.2, 0.25) is 0 Å². The number of nitrogens with one attached hydrogen (secondary N) is 2. The molecule has 2 amide bonds. The molecule has 0 radical (unpaired) electrons. The maximum Gasteiger partial charge on any atom is 0.258 e. The molecule has 0 unspecified atom stereocenters. The van der Waals surface area contributed by atoms with Gasteiger partial charge in [-0.3, -0.25) is 9.59 Å². The molecule has 0 saturated carbocycles. The summed E-state index contributed by atoms with van der Waals surface area (Å²) in [4.78, 5) is 24.4. The molecule has 28 heavy (non-hydrogen) atoms. The van der Waals surface area contributed by atoms with E-state index in [1.807, 2.05) is 36.4 Å². The van der Waals surface area contributed by atoms with Gasteiger partial charge in [0, 0.05) is 17.8 Å². The highest BCUT2D eigenvalue weighted by atomic mass is 35.5. The Balaban J connectivity index is 1.52. The van der Waals surface area contributed by atoms with Crippen molar-refractivity contribution in [2.75, 3.05) is 11.9 Å². The van der Waals surface area contributed by atoms with Crippen molar-refractivity contribution in [3.05, 3.63) is 95.0 Å². The van der Waals surface area contributed by atoms with E-state index in [1.165, 1.54) is 0 Å². The second-order valence-electron chi connectivity index (χ2n) is 6.02. The van der Waals surface area contributed by atoms with E-state index in [1.54, 1.807) is 42.5 Å². The predicted molar refractivity (Wildman–Crippen MR) is 110 cm³/mol. The molecule has 3 aromatic rings. The van der Waals surface area contributed by atoms with Crippen LogP contribution in [-0.2, 0) is 11.3 Å². The van der Waals surface area contributed by atoms with E-state index in [9.17, 15) is 9.59 Å². The third-order valence-corrected chi connectivity index (χ3v) is 4.22. The minimum absolute atomic E-state index is 0.141. The molecule has 0 fully saturated rings. The van der Waals surface area contributed by atoms with Gasteiger partial charge < -0.3 is 15.4 Å². The summed E-state index contributed by atoms with van der Waals surface area (Å²) >= 11 is 5.99. The zero-order valence-electron chi connectivity index (χ0n) is 15.0. The van der Waals surface area contributed by atoms with Crippen LogP contribution in [0.5, 0.6) is 5.75 Å². The molecule has 0 bridgehead atoms. The minimum Gasteiger partial charge on any atom is -0.482 e. The van der Waals surface area contributed by atoms with Gasteiger partial charge in [-0.05, 0) is 42.0 Å². The lowest BCUT2D eigenvalue weighted by Crippen LogP contribution is -2.28. The topological polar surface area (TPSA) is 67.4 Å². The molecule has 0 aliphatic heterocycles. The van der Waals surface area contributed by atoms with Crippen LogP contribution in [0.2, 0.25) is 5.02 Å². The van der Waals surface area contributed by atoms with Crippen LogP contribution in [0.1, 0.15) is 15.9 Å². The van der Waals surface area contributed by atoms with Gasteiger partial charge >= 0.3 is 0 Å². The number of ether oxygens (including phenoxy) is 1. The summed E-state index contributed by atoms with van der Waals surface area (Å²) in [6.07, 6.45) is 0. The van der Waals surface area contributed by atoms with Gasteiger partial charge in [0.1, 0.15) is 5.75 Å². The standard InChI is InChI=1S/C22H19ClN2O3/c23-19-11-4-5-12-20(19)28-15-21(26)24-14-16-7-6-8-17(13-16)22(27)25-18-9-2-1-3-10-18/h1-13H,14-15H2,(H,24,26)(H,25,27). The average molecular weight is 395 g/mol. The highest BCUT2D eigenvalue weighted by Gasteiger charge is 2.08. The van der Waals surface area contributed by atoms with Gasteiger partial charge in [0.15, 0.2) is 6.61 Å². The summed E-state index contributed by atoms with van der Waals surface area (Å²) in [5.41, 5.74) is 2.05. The first-order chi connectivity index (χ1) is 13.6. The Morgan fingerprint density at radius 2 is 1.64 bits per heavy atom. The van der Waals surface area contributed by atoms with Gasteiger partial charge in [-0.15, -0.1) is 0 Å². The molecule has 0 aliphatic carbocycles. The third-order valence-electron chi connectivity index (χ3n) is 3.91. The van der Waals surface area contributed by atoms with E-state index >= 15 is 0 Å². The first-order valence-corrected chi connectivity index (χ1v) is 9.09. The van der Waals surface area contributed by atoms with Crippen LogP contribution in [0, 0.1) is 0 Å². The van der Waals surface area contributed by atoms with Crippen LogP contribution in [0.4, 0.5) is 5.69 Å². The summed E-state index contributed by atoms with van der Waals surface area (Å²) in [5.74, 6) is -0.0283. The SMILES string of the molecule is O=C(COc1ccccc1Cl)NCc1cccc(C(=O)Nc2ccccc2)c1. The molecular formula is C22H19ClN2O3. The normalized spacial score (nSPS) is 10.2. The molecule has 0 saturated heterocycles. The van der Waals surface area contributed by atoms with Crippen LogP contribution in [0.15, 0.2) is 78.9 Å². The molecule has 6 heteroatoms. The number of hydrogen-bond donors (Lipinski definition) is 2. The smallest absolute Gasteiger partial charge is 0.258 e. The number of amides is 2. The lowest BCUT2D eigenvalue weighted by molar-refractivity contribution is -0.123. The number of rotatable bonds is 7. The summed E-state index contributed by atoms with van der Waals surface area (Å²) < 4.78 is 5.41. The third kappa shape index (κ3) is 5.59. The van der Waals surface area contributed by atoms with Gasteiger partial charge in [-0.2, -0.15) is 0 Å². The first kappa shape index (κ1) is 19.5. The molecule has 2 N–H and O–H groups in total. The maximum atomic E-state index is 12.4. The fourth-order valence-electron chi connectivity index (χ4n) is 2.50. The average Bonchev–Trinajstić information content (AvgIpc) is 2.72. The molecule has 5 nitrogen and oxygen atoms in total. The van der Waals surface area contributed by atoms with Gasteiger partial charge in [-0.25, -0.2) is 0 Å². The molecule has 0 aromatic heterocycles. The highest BCUT2D eigenvalue weighted by Crippen LogP contribution is 2.22. The number of hydrogen-bond acceptors (Lipinski definition) is 3. The van der Waals surface area contributed by atoms with Crippen molar-refractivity contribution < 1.29 is 14.3 Å². The number of carbonyl (C=O) groups excluding carboxylic acids is 2. The number of halogens is 1. The molecule has 0 heterocycles. The lowest BCUT2D eigenvalue weighted by Gasteiger charge is -2.10. The summed E-state index contributed by atoms with van der Waals surface area (Å²) in [6.45, 7) is 0.148. The largest absolute Gasteiger partial charge is 0.482 e. The van der Waals surface area contributed by atoms with Crippen molar-refractivity contribution >= 4 is 29.1 Å². The Bertz CT molecular complexity index is 961. The Hall–Kier alpha value is -3.31. The Morgan fingerprint density at radius 3 is 2.43 bits per heavy atom. The maximum absolute atomic E-state index is 12.4. The van der Waals surface area contributed by atoms with Crippen LogP contribution in [0.25, 0.3) is 0 Å². The van der Waals surface area contributed by atoms with Crippen LogP contribution < -0.4 is 15.4 Å². The van der Waals surface area contributed by atoms with E-state index in [4.69, 9.17) is 16.3 Å². The van der Waals surface area contributed by atoms with Crippen molar-refractivity contribution in [2.45, 2.75) is 6.54 Å². The monoisotopic (exact) mass is 394 g/mol. The molecule has 0 atom stereocenters. The Labute approximate surface area is 168 Å². The summed E-state index contributed by atoms with van der Waals surface area (Å²) in [7, 11) is 0. The highest BCUT2D eigenvalue weighted by molar-refractivity contribution is 6.32. The lowest BCUT2D eigenvalue weighted by atomic mass is 10.1. The van der Waals surface area contributed by atoms with E-state index < -0.39 is 0 Å². The minimum atomic E-state index is -0.279. The van der Waals surface area contributed by atoms with Gasteiger partial charge in [0.25, 0.3) is 11.8 Å². The Morgan fingerprint density at radius 1 is 0.893 bits per heavy atom.